The molecule has 0 aliphatic carbocycles. The van der Waals surface area contributed by atoms with Crippen LogP contribution in [0.2, 0.25) is 0 Å². The lowest BCUT2D eigenvalue weighted by atomic mass is 10.0. The van der Waals surface area contributed by atoms with E-state index < -0.39 is 0 Å². The first-order valence-corrected chi connectivity index (χ1v) is 6.31. The summed E-state index contributed by atoms with van der Waals surface area (Å²) in [6.45, 7) is 4.21. The van der Waals surface area contributed by atoms with Crippen LogP contribution in [0.1, 0.15) is 26.2 Å². The summed E-state index contributed by atoms with van der Waals surface area (Å²) in [5.41, 5.74) is -0.172. The molecule has 5 heteroatoms. The summed E-state index contributed by atoms with van der Waals surface area (Å²) in [6.07, 6.45) is 3.01. The third-order valence-corrected chi connectivity index (χ3v) is 3.68. The number of methoxy groups -OCH3 is 1. The zero-order chi connectivity index (χ0) is 12.3. The van der Waals surface area contributed by atoms with E-state index in [4.69, 9.17) is 9.47 Å². The van der Waals surface area contributed by atoms with E-state index in [0.717, 1.165) is 32.4 Å². The highest BCUT2D eigenvalue weighted by molar-refractivity contribution is 5.82. The molecule has 2 aliphatic heterocycles. The Morgan fingerprint density at radius 3 is 3.06 bits per heavy atom. The highest BCUT2D eigenvalue weighted by atomic mass is 16.5. The standard InChI is InChI=1S/C12H22N2O3/c1-12(4-3-5-17-12)8-14-11(15)10-6-9(16-2)7-13-10/h9-10,13H,3-8H2,1-2H3,(H,14,15). The number of hydrogen-bond acceptors (Lipinski definition) is 4. The quantitative estimate of drug-likeness (QED) is 0.731. The zero-order valence-corrected chi connectivity index (χ0v) is 10.6. The van der Waals surface area contributed by atoms with Crippen molar-refractivity contribution in [2.75, 3.05) is 26.8 Å². The maximum atomic E-state index is 11.9. The predicted molar refractivity (Wildman–Crippen MR) is 63.8 cm³/mol. The molecule has 17 heavy (non-hydrogen) atoms. The van der Waals surface area contributed by atoms with E-state index >= 15 is 0 Å². The highest BCUT2D eigenvalue weighted by Gasteiger charge is 2.33. The van der Waals surface area contributed by atoms with Crippen molar-refractivity contribution in [3.8, 4) is 0 Å². The van der Waals surface area contributed by atoms with Gasteiger partial charge in [0.2, 0.25) is 5.91 Å². The molecule has 0 aromatic rings. The molecule has 2 N–H and O–H groups in total. The van der Waals surface area contributed by atoms with Gasteiger partial charge in [-0.3, -0.25) is 4.79 Å². The van der Waals surface area contributed by atoms with Crippen LogP contribution in [0, 0.1) is 0 Å². The molecule has 3 unspecified atom stereocenters. The van der Waals surface area contributed by atoms with Crippen molar-refractivity contribution < 1.29 is 14.3 Å². The molecule has 0 aromatic carbocycles. The van der Waals surface area contributed by atoms with E-state index in [1.54, 1.807) is 7.11 Å². The van der Waals surface area contributed by atoms with Gasteiger partial charge in [-0.25, -0.2) is 0 Å². The Kier molecular flexibility index (Phi) is 4.01. The fourth-order valence-electron chi connectivity index (χ4n) is 2.46. The van der Waals surface area contributed by atoms with Crippen LogP contribution in [0.15, 0.2) is 0 Å². The first-order valence-electron chi connectivity index (χ1n) is 6.31. The van der Waals surface area contributed by atoms with Gasteiger partial charge in [-0.05, 0) is 26.2 Å². The normalized spacial score (nSPS) is 37.3. The molecule has 0 spiro atoms. The minimum atomic E-state index is -0.172. The second-order valence-electron chi connectivity index (χ2n) is 5.17. The predicted octanol–water partition coefficient (Wildman–Crippen LogP) is 0.0486. The Balaban J connectivity index is 1.74. The molecule has 2 fully saturated rings. The van der Waals surface area contributed by atoms with Gasteiger partial charge in [0.1, 0.15) is 0 Å². The van der Waals surface area contributed by atoms with E-state index in [1.807, 2.05) is 0 Å². The summed E-state index contributed by atoms with van der Waals surface area (Å²) in [4.78, 5) is 11.9. The molecule has 2 heterocycles. The van der Waals surface area contributed by atoms with Crippen LogP contribution >= 0.6 is 0 Å². The van der Waals surface area contributed by atoms with Crippen LogP contribution in [0.4, 0.5) is 0 Å². The lowest BCUT2D eigenvalue weighted by molar-refractivity contribution is -0.124. The maximum Gasteiger partial charge on any atom is 0.237 e. The molecule has 5 nitrogen and oxygen atoms in total. The SMILES string of the molecule is COC1CNC(C(=O)NCC2(C)CCCO2)C1. The Hall–Kier alpha value is -0.650. The van der Waals surface area contributed by atoms with Crippen LogP contribution in [-0.2, 0) is 14.3 Å². The molecule has 0 radical (unpaired) electrons. The van der Waals surface area contributed by atoms with Crippen molar-refractivity contribution in [1.29, 1.82) is 0 Å². The van der Waals surface area contributed by atoms with Gasteiger partial charge >= 0.3 is 0 Å². The largest absolute Gasteiger partial charge is 0.380 e. The number of carbonyl (C=O) groups is 1. The third-order valence-electron chi connectivity index (χ3n) is 3.68. The molecule has 98 valence electrons. The average Bonchev–Trinajstić information content (AvgIpc) is 2.95. The molecule has 1 amide bonds. The summed E-state index contributed by atoms with van der Waals surface area (Å²) in [7, 11) is 1.68. The minimum absolute atomic E-state index is 0.0567. The van der Waals surface area contributed by atoms with Crippen LogP contribution in [0.5, 0.6) is 0 Å². The fourth-order valence-corrected chi connectivity index (χ4v) is 2.46. The summed E-state index contributed by atoms with van der Waals surface area (Å²) >= 11 is 0. The van der Waals surface area contributed by atoms with Crippen LogP contribution in [0.3, 0.4) is 0 Å². The number of ether oxygens (including phenoxy) is 2. The fraction of sp³-hybridized carbons (Fsp3) is 0.917. The van der Waals surface area contributed by atoms with E-state index in [1.165, 1.54) is 0 Å². The smallest absolute Gasteiger partial charge is 0.237 e. The van der Waals surface area contributed by atoms with Crippen molar-refractivity contribution in [3.05, 3.63) is 0 Å². The Morgan fingerprint density at radius 2 is 2.47 bits per heavy atom. The number of nitrogens with one attached hydrogen (secondary N) is 2. The van der Waals surface area contributed by atoms with Gasteiger partial charge in [0, 0.05) is 26.8 Å². The maximum absolute atomic E-state index is 11.9. The Bertz CT molecular complexity index is 277. The minimum Gasteiger partial charge on any atom is -0.380 e. The first kappa shape index (κ1) is 12.8. The third kappa shape index (κ3) is 3.18. The summed E-state index contributed by atoms with van der Waals surface area (Å²) < 4.78 is 10.9. The molecule has 0 aromatic heterocycles. The van der Waals surface area contributed by atoms with E-state index in [-0.39, 0.29) is 23.7 Å². The van der Waals surface area contributed by atoms with Crippen molar-refractivity contribution in [1.82, 2.24) is 10.6 Å². The van der Waals surface area contributed by atoms with Crippen LogP contribution < -0.4 is 10.6 Å². The molecule has 2 rings (SSSR count). The second-order valence-corrected chi connectivity index (χ2v) is 5.17. The molecule has 2 saturated heterocycles. The highest BCUT2D eigenvalue weighted by Crippen LogP contribution is 2.24. The zero-order valence-electron chi connectivity index (χ0n) is 10.6. The molecule has 2 aliphatic rings. The van der Waals surface area contributed by atoms with Gasteiger partial charge in [0.25, 0.3) is 0 Å². The topological polar surface area (TPSA) is 59.6 Å². The number of carbonyl (C=O) groups excluding carboxylic acids is 1. The Labute approximate surface area is 102 Å². The summed E-state index contributed by atoms with van der Waals surface area (Å²) in [5.74, 6) is 0.0567. The van der Waals surface area contributed by atoms with Crippen LogP contribution in [0.25, 0.3) is 0 Å². The molecule has 0 saturated carbocycles. The van der Waals surface area contributed by atoms with Gasteiger partial charge in [-0.15, -0.1) is 0 Å². The number of rotatable bonds is 4. The van der Waals surface area contributed by atoms with Gasteiger partial charge < -0.3 is 20.1 Å². The first-order chi connectivity index (χ1) is 8.13. The summed E-state index contributed by atoms with van der Waals surface area (Å²) in [6, 6.07) is -0.120. The van der Waals surface area contributed by atoms with E-state index in [9.17, 15) is 4.79 Å². The van der Waals surface area contributed by atoms with Crippen LogP contribution in [-0.4, -0.2) is 50.5 Å². The number of amides is 1. The molecule has 0 bridgehead atoms. The molecular weight excluding hydrogens is 220 g/mol. The van der Waals surface area contributed by atoms with Gasteiger partial charge in [-0.2, -0.15) is 0 Å². The average molecular weight is 242 g/mol. The van der Waals surface area contributed by atoms with E-state index in [0.29, 0.717) is 6.54 Å². The molecule has 3 atom stereocenters. The van der Waals surface area contributed by atoms with Crippen molar-refractivity contribution >= 4 is 5.91 Å². The van der Waals surface area contributed by atoms with Gasteiger partial charge in [0.15, 0.2) is 0 Å². The Morgan fingerprint density at radius 1 is 1.65 bits per heavy atom. The van der Waals surface area contributed by atoms with Crippen molar-refractivity contribution in [2.24, 2.45) is 0 Å². The van der Waals surface area contributed by atoms with E-state index in [2.05, 4.69) is 17.6 Å². The lowest BCUT2D eigenvalue weighted by Gasteiger charge is -2.24. The monoisotopic (exact) mass is 242 g/mol. The molecular formula is C12H22N2O3. The van der Waals surface area contributed by atoms with Gasteiger partial charge in [-0.1, -0.05) is 0 Å². The van der Waals surface area contributed by atoms with Crippen molar-refractivity contribution in [2.45, 2.75) is 43.9 Å². The van der Waals surface area contributed by atoms with Crippen molar-refractivity contribution in [3.63, 3.8) is 0 Å². The second kappa shape index (κ2) is 5.33. The number of hydrogen-bond donors (Lipinski definition) is 2. The lowest BCUT2D eigenvalue weighted by Crippen LogP contribution is -2.46. The van der Waals surface area contributed by atoms with Gasteiger partial charge in [0.05, 0.1) is 17.7 Å². The summed E-state index contributed by atoms with van der Waals surface area (Å²) in [5, 5.41) is 6.14.